The number of nitrogens with zero attached hydrogens (tertiary/aromatic N) is 1. The highest BCUT2D eigenvalue weighted by Gasteiger charge is 2.44. The minimum Gasteiger partial charge on any atom is -0.439 e. The Kier molecular flexibility index (Phi) is 5.77. The molecule has 3 amide bonds. The molecule has 0 radical (unpaired) electrons. The number of benzene rings is 2. The van der Waals surface area contributed by atoms with Gasteiger partial charge in [-0.1, -0.05) is 66.9 Å². The Morgan fingerprint density at radius 3 is 2.33 bits per heavy atom. The van der Waals surface area contributed by atoms with Crippen molar-refractivity contribution in [1.82, 2.24) is 10.2 Å². The quantitative estimate of drug-likeness (QED) is 0.757. The first-order valence-electron chi connectivity index (χ1n) is 10.1. The van der Waals surface area contributed by atoms with Gasteiger partial charge in [-0.2, -0.15) is 0 Å². The van der Waals surface area contributed by atoms with Crippen LogP contribution >= 0.6 is 11.6 Å². The molecule has 1 heterocycles. The van der Waals surface area contributed by atoms with Crippen molar-refractivity contribution in [3.8, 4) is 0 Å². The van der Waals surface area contributed by atoms with E-state index in [1.165, 1.54) is 0 Å². The number of carbonyl (C=O) groups is 3. The first-order chi connectivity index (χ1) is 14.5. The third-order valence-corrected chi connectivity index (χ3v) is 6.25. The molecule has 1 saturated heterocycles. The maximum atomic E-state index is 13.6. The van der Waals surface area contributed by atoms with Gasteiger partial charge in [0.1, 0.15) is 0 Å². The molecule has 6 nitrogen and oxygen atoms in total. The summed E-state index contributed by atoms with van der Waals surface area (Å²) in [4.78, 5) is 38.7. The lowest BCUT2D eigenvalue weighted by Gasteiger charge is -2.32. The van der Waals surface area contributed by atoms with E-state index in [2.05, 4.69) is 5.32 Å². The molecule has 2 aliphatic rings. The Morgan fingerprint density at radius 1 is 1.07 bits per heavy atom. The fourth-order valence-electron chi connectivity index (χ4n) is 4.35. The standard InChI is InChI=1S/C23H23ClN2O4/c24-18-10-8-17(9-11-18)23(12-4-5-13-23)21(28)25-19(16-6-2-1-3-7-16)14-26-20(27)15-30-22(26)29/h1-3,6-11,19H,4-5,12-15H2,(H,25,28). The Bertz CT molecular complexity index is 923. The molecular weight excluding hydrogens is 404 g/mol. The summed E-state index contributed by atoms with van der Waals surface area (Å²) in [5.41, 5.74) is 1.11. The van der Waals surface area contributed by atoms with E-state index in [0.717, 1.165) is 41.7 Å². The van der Waals surface area contributed by atoms with Crippen molar-refractivity contribution in [2.24, 2.45) is 0 Å². The first-order valence-corrected chi connectivity index (χ1v) is 10.5. The molecule has 0 aromatic heterocycles. The van der Waals surface area contributed by atoms with E-state index in [1.54, 1.807) is 12.1 Å². The number of nitrogens with one attached hydrogen (secondary N) is 1. The zero-order chi connectivity index (χ0) is 21.1. The molecule has 1 N–H and O–H groups in total. The van der Waals surface area contributed by atoms with E-state index in [0.29, 0.717) is 5.02 Å². The predicted octanol–water partition coefficient (Wildman–Crippen LogP) is 3.99. The van der Waals surface area contributed by atoms with Crippen LogP contribution in [-0.2, 0) is 19.7 Å². The van der Waals surface area contributed by atoms with Crippen molar-refractivity contribution in [3.63, 3.8) is 0 Å². The van der Waals surface area contributed by atoms with Crippen molar-refractivity contribution in [2.75, 3.05) is 13.2 Å². The van der Waals surface area contributed by atoms with Crippen LogP contribution in [0.3, 0.4) is 0 Å². The van der Waals surface area contributed by atoms with Crippen molar-refractivity contribution in [2.45, 2.75) is 37.1 Å². The number of hydrogen-bond acceptors (Lipinski definition) is 4. The number of cyclic esters (lactones) is 1. The molecule has 2 aromatic carbocycles. The van der Waals surface area contributed by atoms with Gasteiger partial charge in [-0.3, -0.25) is 9.59 Å². The number of ether oxygens (including phenoxy) is 1. The summed E-state index contributed by atoms with van der Waals surface area (Å²) < 4.78 is 4.83. The number of imide groups is 1. The van der Waals surface area contributed by atoms with Crippen LogP contribution in [0.4, 0.5) is 4.79 Å². The van der Waals surface area contributed by atoms with Crippen molar-refractivity contribution < 1.29 is 19.1 Å². The lowest BCUT2D eigenvalue weighted by atomic mass is 9.77. The van der Waals surface area contributed by atoms with Crippen LogP contribution < -0.4 is 5.32 Å². The molecule has 156 valence electrons. The highest BCUT2D eigenvalue weighted by atomic mass is 35.5. The van der Waals surface area contributed by atoms with Gasteiger partial charge in [0, 0.05) is 5.02 Å². The van der Waals surface area contributed by atoms with Gasteiger partial charge in [0.25, 0.3) is 5.91 Å². The number of amides is 3. The monoisotopic (exact) mass is 426 g/mol. The molecular formula is C23H23ClN2O4. The zero-order valence-corrected chi connectivity index (χ0v) is 17.2. The van der Waals surface area contributed by atoms with Crippen LogP contribution in [-0.4, -0.2) is 36.0 Å². The summed E-state index contributed by atoms with van der Waals surface area (Å²) in [6.07, 6.45) is 2.73. The van der Waals surface area contributed by atoms with Gasteiger partial charge >= 0.3 is 6.09 Å². The Morgan fingerprint density at radius 2 is 1.73 bits per heavy atom. The van der Waals surface area contributed by atoms with Gasteiger partial charge in [0.15, 0.2) is 6.61 Å². The van der Waals surface area contributed by atoms with Gasteiger partial charge in [-0.05, 0) is 36.1 Å². The molecule has 4 rings (SSSR count). The molecule has 0 spiro atoms. The summed E-state index contributed by atoms with van der Waals surface area (Å²) in [5, 5.41) is 3.75. The van der Waals surface area contributed by atoms with Crippen LogP contribution in [0.1, 0.15) is 42.9 Å². The van der Waals surface area contributed by atoms with Crippen LogP contribution in [0.15, 0.2) is 54.6 Å². The summed E-state index contributed by atoms with van der Waals surface area (Å²) in [5.74, 6) is -0.500. The average molecular weight is 427 g/mol. The molecule has 1 aliphatic heterocycles. The van der Waals surface area contributed by atoms with Crippen molar-refractivity contribution >= 4 is 29.5 Å². The maximum Gasteiger partial charge on any atom is 0.417 e. The smallest absolute Gasteiger partial charge is 0.417 e. The largest absolute Gasteiger partial charge is 0.439 e. The van der Waals surface area contributed by atoms with E-state index < -0.39 is 23.5 Å². The number of hydrogen-bond donors (Lipinski definition) is 1. The lowest BCUT2D eigenvalue weighted by Crippen LogP contribution is -2.47. The van der Waals surface area contributed by atoms with Gasteiger partial charge in [-0.25, -0.2) is 9.69 Å². The van der Waals surface area contributed by atoms with E-state index in [-0.39, 0.29) is 19.1 Å². The lowest BCUT2D eigenvalue weighted by molar-refractivity contribution is -0.129. The molecule has 1 unspecified atom stereocenters. The SMILES string of the molecule is O=C1COC(=O)N1CC(NC(=O)C1(c2ccc(Cl)cc2)CCCC1)c1ccccc1. The molecule has 7 heteroatoms. The minimum absolute atomic E-state index is 0.0319. The molecule has 1 atom stereocenters. The highest BCUT2D eigenvalue weighted by Crippen LogP contribution is 2.42. The van der Waals surface area contributed by atoms with Crippen LogP contribution in [0.2, 0.25) is 5.02 Å². The topological polar surface area (TPSA) is 75.7 Å². The van der Waals surface area contributed by atoms with Crippen LogP contribution in [0.25, 0.3) is 0 Å². The summed E-state index contributed by atoms with van der Waals surface area (Å²) >= 11 is 6.05. The second kappa shape index (κ2) is 8.48. The third-order valence-electron chi connectivity index (χ3n) is 6.00. The van der Waals surface area contributed by atoms with E-state index in [1.807, 2.05) is 42.5 Å². The summed E-state index contributed by atoms with van der Waals surface area (Å²) in [6.45, 7) is -0.229. The number of rotatable bonds is 6. The van der Waals surface area contributed by atoms with E-state index in [4.69, 9.17) is 16.3 Å². The Hall–Kier alpha value is -2.86. The van der Waals surface area contributed by atoms with Gasteiger partial charge in [0.05, 0.1) is 18.0 Å². The van der Waals surface area contributed by atoms with E-state index in [9.17, 15) is 14.4 Å². The molecule has 1 saturated carbocycles. The van der Waals surface area contributed by atoms with Gasteiger partial charge < -0.3 is 10.1 Å². The normalized spacial score (nSPS) is 18.9. The highest BCUT2D eigenvalue weighted by molar-refractivity contribution is 6.30. The van der Waals surface area contributed by atoms with Gasteiger partial charge in [0.2, 0.25) is 5.91 Å². The molecule has 1 aliphatic carbocycles. The fourth-order valence-corrected chi connectivity index (χ4v) is 4.48. The van der Waals surface area contributed by atoms with Crippen LogP contribution in [0, 0.1) is 0 Å². The molecule has 2 aromatic rings. The van der Waals surface area contributed by atoms with Gasteiger partial charge in [-0.15, -0.1) is 0 Å². The fraction of sp³-hybridized carbons (Fsp3) is 0.348. The predicted molar refractivity (Wildman–Crippen MR) is 112 cm³/mol. The number of carbonyl (C=O) groups excluding carboxylic acids is 3. The third kappa shape index (κ3) is 3.92. The van der Waals surface area contributed by atoms with E-state index >= 15 is 0 Å². The first kappa shape index (κ1) is 20.4. The second-order valence-electron chi connectivity index (χ2n) is 7.79. The second-order valence-corrected chi connectivity index (χ2v) is 8.23. The minimum atomic E-state index is -0.677. The average Bonchev–Trinajstić information content (AvgIpc) is 3.38. The maximum absolute atomic E-state index is 13.6. The molecule has 30 heavy (non-hydrogen) atoms. The van der Waals surface area contributed by atoms with Crippen LogP contribution in [0.5, 0.6) is 0 Å². The molecule has 2 fully saturated rings. The van der Waals surface area contributed by atoms with Crippen molar-refractivity contribution in [1.29, 1.82) is 0 Å². The summed E-state index contributed by atoms with van der Waals surface area (Å²) in [6, 6.07) is 16.3. The summed E-state index contributed by atoms with van der Waals surface area (Å²) in [7, 11) is 0. The Labute approximate surface area is 180 Å². The Balaban J connectivity index is 1.62. The number of halogens is 1. The molecule has 0 bridgehead atoms. The zero-order valence-electron chi connectivity index (χ0n) is 16.5. The van der Waals surface area contributed by atoms with Crippen molar-refractivity contribution in [3.05, 3.63) is 70.7 Å².